The lowest BCUT2D eigenvalue weighted by atomic mass is 9.82. The maximum Gasteiger partial charge on any atom is 0.514 e. The van der Waals surface area contributed by atoms with Crippen LogP contribution in [0.4, 0.5) is 0 Å². The molecule has 0 unspecified atom stereocenters. The Morgan fingerprint density at radius 3 is 2.05 bits per heavy atom. The molecule has 1 fully saturated rings. The smallest absolute Gasteiger partial charge is 0.398 e. The second kappa shape index (κ2) is 4.55. The summed E-state index contributed by atoms with van der Waals surface area (Å²) in [5, 5.41) is 10.1. The Hall–Kier alpha value is -0.905. The molecule has 1 aromatic heterocycles. The van der Waals surface area contributed by atoms with E-state index in [2.05, 4.69) is 4.98 Å². The molecule has 0 radical (unpaired) electrons. The van der Waals surface area contributed by atoms with E-state index in [-0.39, 0.29) is 0 Å². The van der Waals surface area contributed by atoms with Crippen molar-refractivity contribution in [1.82, 2.24) is 4.98 Å². The van der Waals surface area contributed by atoms with Crippen molar-refractivity contribution in [2.45, 2.75) is 65.3 Å². The van der Waals surface area contributed by atoms with Gasteiger partial charge in [-0.05, 0) is 66.2 Å². The van der Waals surface area contributed by atoms with Gasteiger partial charge in [0.15, 0.2) is 0 Å². The second-order valence-electron chi connectivity index (χ2n) is 7.10. The molecule has 0 amide bonds. The fourth-order valence-electron chi connectivity index (χ4n) is 2.09. The van der Waals surface area contributed by atoms with Crippen LogP contribution in [0, 0.1) is 6.92 Å². The molecule has 4 nitrogen and oxygen atoms in total. The van der Waals surface area contributed by atoms with E-state index in [4.69, 9.17) is 9.31 Å². The quantitative estimate of drug-likeness (QED) is 0.839. The lowest BCUT2D eigenvalue weighted by Crippen LogP contribution is -2.41. The summed E-state index contributed by atoms with van der Waals surface area (Å²) in [5.41, 5.74) is 0.602. The first-order chi connectivity index (χ1) is 8.92. The average molecular weight is 277 g/mol. The van der Waals surface area contributed by atoms with Gasteiger partial charge in [0, 0.05) is 0 Å². The molecule has 0 bridgehead atoms. The van der Waals surface area contributed by atoms with Crippen LogP contribution in [0.5, 0.6) is 0 Å². The number of aliphatic hydroxyl groups is 1. The van der Waals surface area contributed by atoms with Crippen molar-refractivity contribution in [2.75, 3.05) is 0 Å². The predicted octanol–water partition coefficient (Wildman–Crippen LogP) is 1.92. The predicted molar refractivity (Wildman–Crippen MR) is 79.9 cm³/mol. The van der Waals surface area contributed by atoms with E-state index in [0.717, 1.165) is 5.56 Å². The summed E-state index contributed by atoms with van der Waals surface area (Å²) in [6, 6.07) is 3.83. The zero-order chi connectivity index (χ0) is 15.3. The van der Waals surface area contributed by atoms with Gasteiger partial charge in [-0.1, -0.05) is 0 Å². The van der Waals surface area contributed by atoms with Crippen LogP contribution in [-0.4, -0.2) is 28.4 Å². The number of pyridine rings is 1. The summed E-state index contributed by atoms with van der Waals surface area (Å²) >= 11 is 0. The third kappa shape index (κ3) is 2.75. The SMILES string of the molecule is Cc1cc(B2OC(C)(C)C(C)(C)O2)nc(C(C)(C)O)c1. The molecule has 1 aromatic rings. The van der Waals surface area contributed by atoms with Crippen LogP contribution in [0.3, 0.4) is 0 Å². The first-order valence-corrected chi connectivity index (χ1v) is 6.99. The number of rotatable bonds is 2. The van der Waals surface area contributed by atoms with Crippen molar-refractivity contribution in [2.24, 2.45) is 0 Å². The van der Waals surface area contributed by atoms with Gasteiger partial charge in [-0.2, -0.15) is 0 Å². The molecule has 0 aliphatic carbocycles. The number of hydrogen-bond acceptors (Lipinski definition) is 4. The zero-order valence-electron chi connectivity index (χ0n) is 13.4. The van der Waals surface area contributed by atoms with Crippen LogP contribution in [-0.2, 0) is 14.9 Å². The first kappa shape index (κ1) is 15.5. The van der Waals surface area contributed by atoms with Gasteiger partial charge in [0.1, 0.15) is 5.60 Å². The maximum absolute atomic E-state index is 10.1. The summed E-state index contributed by atoms with van der Waals surface area (Å²) in [4.78, 5) is 4.52. The van der Waals surface area contributed by atoms with Crippen molar-refractivity contribution in [3.8, 4) is 0 Å². The van der Waals surface area contributed by atoms with Crippen LogP contribution in [0.25, 0.3) is 0 Å². The largest absolute Gasteiger partial charge is 0.514 e. The highest BCUT2D eigenvalue weighted by Crippen LogP contribution is 2.36. The van der Waals surface area contributed by atoms with Crippen LogP contribution >= 0.6 is 0 Å². The molecular weight excluding hydrogens is 253 g/mol. The molecule has 1 N–H and O–H groups in total. The highest BCUT2D eigenvalue weighted by molar-refractivity contribution is 6.61. The molecule has 1 saturated heterocycles. The highest BCUT2D eigenvalue weighted by Gasteiger charge is 2.52. The summed E-state index contributed by atoms with van der Waals surface area (Å²) in [5.74, 6) is 0. The molecule has 0 spiro atoms. The van der Waals surface area contributed by atoms with E-state index in [1.54, 1.807) is 13.8 Å². The molecule has 0 atom stereocenters. The third-order valence-electron chi connectivity index (χ3n) is 4.11. The third-order valence-corrected chi connectivity index (χ3v) is 4.11. The average Bonchev–Trinajstić information content (AvgIpc) is 2.46. The number of nitrogens with zero attached hydrogens (tertiary/aromatic N) is 1. The van der Waals surface area contributed by atoms with Gasteiger partial charge >= 0.3 is 7.12 Å². The Labute approximate surface area is 121 Å². The van der Waals surface area contributed by atoms with Crippen LogP contribution in [0.1, 0.15) is 52.8 Å². The minimum atomic E-state index is -0.982. The lowest BCUT2D eigenvalue weighted by Gasteiger charge is -2.32. The number of aryl methyl sites for hydroxylation is 1. The number of hydrogen-bond donors (Lipinski definition) is 1. The number of aromatic nitrogens is 1. The van der Waals surface area contributed by atoms with E-state index in [1.807, 2.05) is 46.8 Å². The van der Waals surface area contributed by atoms with E-state index >= 15 is 0 Å². The van der Waals surface area contributed by atoms with Gasteiger partial charge in [-0.3, -0.25) is 4.98 Å². The molecule has 1 aliphatic rings. The zero-order valence-corrected chi connectivity index (χ0v) is 13.4. The Balaban J connectivity index is 2.38. The Kier molecular flexibility index (Phi) is 3.52. The lowest BCUT2D eigenvalue weighted by molar-refractivity contribution is 0.00578. The van der Waals surface area contributed by atoms with Crippen LogP contribution in [0.2, 0.25) is 0 Å². The fourth-order valence-corrected chi connectivity index (χ4v) is 2.09. The van der Waals surface area contributed by atoms with E-state index in [1.165, 1.54) is 0 Å². The van der Waals surface area contributed by atoms with Crippen molar-refractivity contribution in [3.63, 3.8) is 0 Å². The maximum atomic E-state index is 10.1. The van der Waals surface area contributed by atoms with Crippen molar-refractivity contribution >= 4 is 12.7 Å². The summed E-state index contributed by atoms with van der Waals surface area (Å²) < 4.78 is 12.0. The summed E-state index contributed by atoms with van der Waals surface area (Å²) in [7, 11) is -0.499. The molecule has 20 heavy (non-hydrogen) atoms. The monoisotopic (exact) mass is 277 g/mol. The first-order valence-electron chi connectivity index (χ1n) is 6.99. The van der Waals surface area contributed by atoms with Gasteiger partial charge in [-0.15, -0.1) is 0 Å². The Morgan fingerprint density at radius 2 is 1.60 bits per heavy atom. The minimum absolute atomic E-state index is 0.391. The van der Waals surface area contributed by atoms with E-state index in [0.29, 0.717) is 11.3 Å². The van der Waals surface area contributed by atoms with Crippen molar-refractivity contribution < 1.29 is 14.4 Å². The molecule has 110 valence electrons. The fraction of sp³-hybridized carbons (Fsp3) is 0.667. The minimum Gasteiger partial charge on any atom is -0.398 e. The topological polar surface area (TPSA) is 51.6 Å². The van der Waals surface area contributed by atoms with Crippen LogP contribution in [0.15, 0.2) is 12.1 Å². The normalized spacial score (nSPS) is 21.3. The van der Waals surface area contributed by atoms with Crippen molar-refractivity contribution in [1.29, 1.82) is 0 Å². The molecule has 2 rings (SSSR count). The van der Waals surface area contributed by atoms with Gasteiger partial charge in [0.25, 0.3) is 0 Å². The summed E-state index contributed by atoms with van der Waals surface area (Å²) in [6.45, 7) is 13.5. The van der Waals surface area contributed by atoms with Crippen LogP contribution < -0.4 is 5.59 Å². The van der Waals surface area contributed by atoms with Gasteiger partial charge in [0.2, 0.25) is 0 Å². The van der Waals surface area contributed by atoms with Crippen molar-refractivity contribution in [3.05, 3.63) is 23.4 Å². The van der Waals surface area contributed by atoms with E-state index in [9.17, 15) is 5.11 Å². The Morgan fingerprint density at radius 1 is 1.10 bits per heavy atom. The molecular formula is C15H24BNO3. The molecule has 5 heteroatoms. The van der Waals surface area contributed by atoms with E-state index < -0.39 is 23.9 Å². The second-order valence-corrected chi connectivity index (χ2v) is 7.10. The summed E-state index contributed by atoms with van der Waals surface area (Å²) in [6.07, 6.45) is 0. The molecule has 0 saturated carbocycles. The molecule has 2 heterocycles. The molecule has 1 aliphatic heterocycles. The highest BCUT2D eigenvalue weighted by atomic mass is 16.7. The van der Waals surface area contributed by atoms with Gasteiger partial charge in [0.05, 0.1) is 22.5 Å². The van der Waals surface area contributed by atoms with Gasteiger partial charge < -0.3 is 14.4 Å². The standard InChI is InChI=1S/C15H24BNO3/c1-10-8-11(13(2,3)18)17-12(9-10)16-19-14(4,5)15(6,7)20-16/h8-9,18H,1-7H3. The molecule has 0 aromatic carbocycles. The Bertz CT molecular complexity index is 504. The van der Waals surface area contributed by atoms with Gasteiger partial charge in [-0.25, -0.2) is 0 Å².